The van der Waals surface area contributed by atoms with E-state index in [1.165, 1.54) is 0 Å². The number of rotatable bonds is 10. The van der Waals surface area contributed by atoms with Gasteiger partial charge in [0.05, 0.1) is 18.6 Å². The molecule has 0 saturated heterocycles. The van der Waals surface area contributed by atoms with Crippen LogP contribution in [0.5, 0.6) is 0 Å². The smallest absolute Gasteiger partial charge is 0.302 e. The minimum absolute atomic E-state index is 0.0150. The van der Waals surface area contributed by atoms with Crippen molar-refractivity contribution in [3.8, 4) is 0 Å². The van der Waals surface area contributed by atoms with Gasteiger partial charge in [0.1, 0.15) is 0 Å². The Hall–Kier alpha value is 0.400. The van der Waals surface area contributed by atoms with E-state index in [-0.39, 0.29) is 18.6 Å². The Morgan fingerprint density at radius 2 is 1.88 bits per heavy atom. The van der Waals surface area contributed by atoms with E-state index in [1.807, 2.05) is 6.92 Å². The average molecular weight is 287 g/mol. The Morgan fingerprint density at radius 1 is 1.29 bits per heavy atom. The summed E-state index contributed by atoms with van der Waals surface area (Å²) in [5.41, 5.74) is 0. The fraction of sp³-hybridized carbons (Fsp3) is 1.00. The first-order chi connectivity index (χ1) is 7.91. The van der Waals surface area contributed by atoms with Crippen LogP contribution in [0, 0.1) is 5.92 Å². The summed E-state index contributed by atoms with van der Waals surface area (Å²) in [6.07, 6.45) is 4.18. The molecule has 0 aromatic heterocycles. The van der Waals surface area contributed by atoms with Crippen molar-refractivity contribution in [2.75, 3.05) is 13.2 Å². The monoisotopic (exact) mass is 286 g/mol. The fourth-order valence-corrected chi connectivity index (χ4v) is 2.37. The van der Waals surface area contributed by atoms with Gasteiger partial charge in [0.25, 0.3) is 0 Å². The van der Waals surface area contributed by atoms with Crippen LogP contribution in [-0.2, 0) is 13.6 Å². The van der Waals surface area contributed by atoms with E-state index >= 15 is 0 Å². The van der Waals surface area contributed by atoms with Crippen molar-refractivity contribution in [3.05, 3.63) is 0 Å². The number of halogens is 1. The minimum atomic E-state index is -3.93. The van der Waals surface area contributed by atoms with E-state index in [9.17, 15) is 9.46 Å². The zero-order valence-corrected chi connectivity index (χ0v) is 12.5. The van der Waals surface area contributed by atoms with Gasteiger partial charge in [-0.2, -0.15) is 0 Å². The molecule has 0 aromatic rings. The maximum absolute atomic E-state index is 11.5. The molecule has 0 saturated carbocycles. The summed E-state index contributed by atoms with van der Waals surface area (Å²) >= 11 is 5.63. The molecular weight excluding hydrogens is 263 g/mol. The molecule has 6 heteroatoms. The predicted octanol–water partition coefficient (Wildman–Crippen LogP) is 3.96. The van der Waals surface area contributed by atoms with Crippen LogP contribution < -0.4 is 0 Å². The number of unbranched alkanes of at least 4 members (excludes halogenated alkanes) is 1. The number of phosphoric acid groups is 1. The van der Waals surface area contributed by atoms with Crippen LogP contribution in [-0.4, -0.2) is 23.5 Å². The van der Waals surface area contributed by atoms with Crippen molar-refractivity contribution in [2.45, 2.75) is 51.8 Å². The standard InChI is InChI=1S/C11H24ClO4P/c1-4-6-7-11(5-2)9-16-17(13,14)15-8-10(3)12/h10-11H,4-9H2,1-3H3,(H,13,14). The highest BCUT2D eigenvalue weighted by Gasteiger charge is 2.23. The molecule has 1 N–H and O–H groups in total. The lowest BCUT2D eigenvalue weighted by molar-refractivity contribution is 0.128. The lowest BCUT2D eigenvalue weighted by Crippen LogP contribution is -2.10. The van der Waals surface area contributed by atoms with Crippen molar-refractivity contribution >= 4 is 19.4 Å². The van der Waals surface area contributed by atoms with Gasteiger partial charge in [0.15, 0.2) is 0 Å². The molecule has 104 valence electrons. The summed E-state index contributed by atoms with van der Waals surface area (Å²) in [4.78, 5) is 9.39. The number of phosphoric ester groups is 1. The molecule has 0 aliphatic carbocycles. The van der Waals surface area contributed by atoms with Crippen LogP contribution >= 0.6 is 19.4 Å². The second-order valence-corrected chi connectivity index (χ2v) is 6.46. The van der Waals surface area contributed by atoms with Crippen LogP contribution in [0.2, 0.25) is 0 Å². The third-order valence-corrected chi connectivity index (χ3v) is 3.56. The van der Waals surface area contributed by atoms with Crippen molar-refractivity contribution in [1.29, 1.82) is 0 Å². The van der Waals surface area contributed by atoms with Gasteiger partial charge in [0.2, 0.25) is 0 Å². The van der Waals surface area contributed by atoms with Gasteiger partial charge in [-0.25, -0.2) is 4.57 Å². The van der Waals surface area contributed by atoms with Gasteiger partial charge >= 0.3 is 7.82 Å². The Balaban J connectivity index is 3.92. The molecule has 3 unspecified atom stereocenters. The fourth-order valence-electron chi connectivity index (χ4n) is 1.33. The van der Waals surface area contributed by atoms with Crippen LogP contribution in [0.3, 0.4) is 0 Å². The summed E-state index contributed by atoms with van der Waals surface area (Å²) in [5, 5.41) is -0.305. The second-order valence-electron chi connectivity index (χ2n) is 4.26. The SMILES string of the molecule is CCCCC(CC)COP(=O)(O)OCC(C)Cl. The van der Waals surface area contributed by atoms with Crippen molar-refractivity contribution in [3.63, 3.8) is 0 Å². The zero-order chi connectivity index (χ0) is 13.3. The summed E-state index contributed by atoms with van der Waals surface area (Å²) in [6.45, 7) is 6.14. The quantitative estimate of drug-likeness (QED) is 0.488. The summed E-state index contributed by atoms with van der Waals surface area (Å²) < 4.78 is 21.2. The maximum Gasteiger partial charge on any atom is 0.472 e. The molecule has 0 rings (SSSR count). The largest absolute Gasteiger partial charge is 0.472 e. The first-order valence-electron chi connectivity index (χ1n) is 6.17. The highest BCUT2D eigenvalue weighted by molar-refractivity contribution is 7.47. The molecule has 3 atom stereocenters. The van der Waals surface area contributed by atoms with Gasteiger partial charge in [0, 0.05) is 0 Å². The van der Waals surface area contributed by atoms with Gasteiger partial charge < -0.3 is 4.89 Å². The number of hydrogen-bond acceptors (Lipinski definition) is 3. The average Bonchev–Trinajstić information content (AvgIpc) is 2.27. The molecule has 4 nitrogen and oxygen atoms in total. The molecule has 0 aliphatic rings. The number of hydrogen-bond donors (Lipinski definition) is 1. The minimum Gasteiger partial charge on any atom is -0.302 e. The first kappa shape index (κ1) is 17.4. The van der Waals surface area contributed by atoms with E-state index in [2.05, 4.69) is 6.92 Å². The molecule has 0 spiro atoms. The van der Waals surface area contributed by atoms with Crippen LogP contribution in [0.4, 0.5) is 0 Å². The van der Waals surface area contributed by atoms with Crippen molar-refractivity contribution < 1.29 is 18.5 Å². The molecule has 0 radical (unpaired) electrons. The molecule has 0 bridgehead atoms. The highest BCUT2D eigenvalue weighted by atomic mass is 35.5. The lowest BCUT2D eigenvalue weighted by atomic mass is 10.0. The van der Waals surface area contributed by atoms with E-state index in [0.717, 1.165) is 25.7 Å². The Morgan fingerprint density at radius 3 is 2.35 bits per heavy atom. The van der Waals surface area contributed by atoms with Gasteiger partial charge in [-0.15, -0.1) is 11.6 Å². The molecular formula is C11H24ClO4P. The van der Waals surface area contributed by atoms with E-state index in [0.29, 0.717) is 5.92 Å². The predicted molar refractivity (Wildman–Crippen MR) is 70.4 cm³/mol. The molecule has 0 fully saturated rings. The van der Waals surface area contributed by atoms with Crippen LogP contribution in [0.1, 0.15) is 46.5 Å². The van der Waals surface area contributed by atoms with Crippen LogP contribution in [0.15, 0.2) is 0 Å². The third-order valence-electron chi connectivity index (χ3n) is 2.48. The molecule has 0 aliphatic heterocycles. The molecule has 0 aromatic carbocycles. The third kappa shape index (κ3) is 10.0. The van der Waals surface area contributed by atoms with Crippen molar-refractivity contribution in [1.82, 2.24) is 0 Å². The van der Waals surface area contributed by atoms with Crippen molar-refractivity contribution in [2.24, 2.45) is 5.92 Å². The Kier molecular flexibility index (Phi) is 9.57. The highest BCUT2D eigenvalue weighted by Crippen LogP contribution is 2.44. The topological polar surface area (TPSA) is 55.8 Å². The van der Waals surface area contributed by atoms with E-state index in [1.54, 1.807) is 6.92 Å². The summed E-state index contributed by atoms with van der Waals surface area (Å²) in [7, 11) is -3.93. The molecule has 17 heavy (non-hydrogen) atoms. The molecule has 0 heterocycles. The molecule has 0 amide bonds. The summed E-state index contributed by atoms with van der Waals surface area (Å²) in [6, 6.07) is 0. The lowest BCUT2D eigenvalue weighted by Gasteiger charge is -2.17. The maximum atomic E-state index is 11.5. The Bertz CT molecular complexity index is 236. The normalized spacial score (nSPS) is 18.6. The Labute approximate surface area is 109 Å². The van der Waals surface area contributed by atoms with Crippen LogP contribution in [0.25, 0.3) is 0 Å². The van der Waals surface area contributed by atoms with Gasteiger partial charge in [-0.05, 0) is 19.3 Å². The first-order valence-corrected chi connectivity index (χ1v) is 8.10. The van der Waals surface area contributed by atoms with E-state index in [4.69, 9.17) is 20.6 Å². The van der Waals surface area contributed by atoms with E-state index < -0.39 is 7.82 Å². The van der Waals surface area contributed by atoms with Gasteiger partial charge in [-0.1, -0.05) is 33.1 Å². The van der Waals surface area contributed by atoms with Gasteiger partial charge in [-0.3, -0.25) is 9.05 Å². The number of alkyl halides is 1. The zero-order valence-electron chi connectivity index (χ0n) is 10.9. The second kappa shape index (κ2) is 9.35. The summed E-state index contributed by atoms with van der Waals surface area (Å²) in [5.74, 6) is 0.312.